The van der Waals surface area contributed by atoms with E-state index in [1.807, 2.05) is 45.9 Å². The van der Waals surface area contributed by atoms with E-state index in [-0.39, 0.29) is 12.5 Å². The van der Waals surface area contributed by atoms with Crippen LogP contribution in [-0.2, 0) is 15.9 Å². The van der Waals surface area contributed by atoms with E-state index >= 15 is 0 Å². The van der Waals surface area contributed by atoms with Gasteiger partial charge in [-0.15, -0.1) is 0 Å². The number of amides is 2. The first-order chi connectivity index (χ1) is 11.6. The van der Waals surface area contributed by atoms with Gasteiger partial charge < -0.3 is 24.6 Å². The van der Waals surface area contributed by atoms with E-state index in [1.165, 1.54) is 0 Å². The van der Waals surface area contributed by atoms with Crippen molar-refractivity contribution >= 4 is 24.6 Å². The molecule has 8 heteroatoms. The predicted molar refractivity (Wildman–Crippen MR) is 92.9 cm³/mol. The molecule has 134 valence electrons. The molecule has 0 radical (unpaired) electrons. The van der Waals surface area contributed by atoms with Crippen LogP contribution in [0.3, 0.4) is 0 Å². The van der Waals surface area contributed by atoms with E-state index in [9.17, 15) is 9.59 Å². The van der Waals surface area contributed by atoms with Crippen LogP contribution in [0, 0.1) is 0 Å². The van der Waals surface area contributed by atoms with Crippen LogP contribution in [0.4, 0.5) is 4.79 Å². The van der Waals surface area contributed by atoms with Crippen LogP contribution in [0.25, 0.3) is 0 Å². The van der Waals surface area contributed by atoms with Gasteiger partial charge >= 0.3 is 13.2 Å². The average Bonchev–Trinajstić information content (AvgIpc) is 2.92. The van der Waals surface area contributed by atoms with Gasteiger partial charge in [0.25, 0.3) is 5.91 Å². The van der Waals surface area contributed by atoms with E-state index in [2.05, 4.69) is 5.32 Å². The average molecular weight is 346 g/mol. The van der Waals surface area contributed by atoms with Gasteiger partial charge in [-0.1, -0.05) is 12.1 Å². The SMILES string of the molecule is CC1(C)OB(c2ccc3c(c2)C(=O)N(CCNC(=O)O)C3)OC1(C)C. The number of carboxylic acid groups (broad SMARTS) is 1. The largest absolute Gasteiger partial charge is 0.494 e. The second-order valence-electron chi connectivity index (χ2n) is 7.46. The second kappa shape index (κ2) is 6.03. The Labute approximate surface area is 147 Å². The van der Waals surface area contributed by atoms with Crippen LogP contribution in [0.5, 0.6) is 0 Å². The number of hydrogen-bond donors (Lipinski definition) is 2. The van der Waals surface area contributed by atoms with Crippen molar-refractivity contribution in [2.45, 2.75) is 45.4 Å². The fraction of sp³-hybridized carbons (Fsp3) is 0.529. The molecule has 0 aromatic heterocycles. The molecule has 1 fully saturated rings. The van der Waals surface area contributed by atoms with Crippen molar-refractivity contribution in [3.63, 3.8) is 0 Å². The normalized spacial score (nSPS) is 20.7. The summed E-state index contributed by atoms with van der Waals surface area (Å²) in [4.78, 5) is 24.7. The molecular formula is C17H23BN2O5. The first kappa shape index (κ1) is 17.8. The second-order valence-corrected chi connectivity index (χ2v) is 7.46. The quantitative estimate of drug-likeness (QED) is 0.800. The minimum atomic E-state index is -1.09. The highest BCUT2D eigenvalue weighted by atomic mass is 16.7. The molecule has 2 N–H and O–H groups in total. The molecule has 2 aliphatic heterocycles. The fourth-order valence-corrected chi connectivity index (χ4v) is 2.98. The molecular weight excluding hydrogens is 323 g/mol. The van der Waals surface area contributed by atoms with Crippen molar-refractivity contribution in [1.82, 2.24) is 10.2 Å². The van der Waals surface area contributed by atoms with Gasteiger partial charge in [0.1, 0.15) is 0 Å². The summed E-state index contributed by atoms with van der Waals surface area (Å²) in [5, 5.41) is 10.9. The zero-order valence-corrected chi connectivity index (χ0v) is 15.0. The van der Waals surface area contributed by atoms with Crippen molar-refractivity contribution in [2.24, 2.45) is 0 Å². The van der Waals surface area contributed by atoms with E-state index in [0.29, 0.717) is 18.7 Å². The summed E-state index contributed by atoms with van der Waals surface area (Å²) in [6.07, 6.45) is -1.09. The number of benzene rings is 1. The Bertz CT molecular complexity index is 703. The van der Waals surface area contributed by atoms with Crippen molar-refractivity contribution in [1.29, 1.82) is 0 Å². The Morgan fingerprint density at radius 3 is 2.52 bits per heavy atom. The molecule has 1 aromatic rings. The lowest BCUT2D eigenvalue weighted by atomic mass is 9.78. The molecule has 0 unspecified atom stereocenters. The van der Waals surface area contributed by atoms with Gasteiger partial charge in [0.05, 0.1) is 11.2 Å². The summed E-state index contributed by atoms with van der Waals surface area (Å²) < 4.78 is 12.1. The topological polar surface area (TPSA) is 88.1 Å². The van der Waals surface area contributed by atoms with Gasteiger partial charge in [0, 0.05) is 25.2 Å². The third-order valence-corrected chi connectivity index (χ3v) is 5.20. The van der Waals surface area contributed by atoms with E-state index in [4.69, 9.17) is 14.4 Å². The summed E-state index contributed by atoms with van der Waals surface area (Å²) in [6, 6.07) is 5.66. The van der Waals surface area contributed by atoms with Gasteiger partial charge in [0.2, 0.25) is 0 Å². The number of hydrogen-bond acceptors (Lipinski definition) is 4. The summed E-state index contributed by atoms with van der Waals surface area (Å²) in [7, 11) is -0.508. The van der Waals surface area contributed by atoms with Crippen molar-refractivity contribution < 1.29 is 24.0 Å². The number of carbonyl (C=O) groups is 2. The Kier molecular flexibility index (Phi) is 4.29. The number of rotatable bonds is 4. The van der Waals surface area contributed by atoms with Crippen LogP contribution >= 0.6 is 0 Å². The van der Waals surface area contributed by atoms with Crippen LogP contribution in [0.2, 0.25) is 0 Å². The molecule has 0 spiro atoms. The molecule has 3 rings (SSSR count). The number of fused-ring (bicyclic) bond motifs is 1. The van der Waals surface area contributed by atoms with E-state index in [1.54, 1.807) is 4.90 Å². The van der Waals surface area contributed by atoms with Gasteiger partial charge in [0.15, 0.2) is 0 Å². The third kappa shape index (κ3) is 3.24. The number of nitrogens with zero attached hydrogens (tertiary/aromatic N) is 1. The van der Waals surface area contributed by atoms with Crippen LogP contribution in [0.1, 0.15) is 43.6 Å². The molecule has 25 heavy (non-hydrogen) atoms. The maximum absolute atomic E-state index is 12.6. The lowest BCUT2D eigenvalue weighted by Gasteiger charge is -2.32. The molecule has 1 aromatic carbocycles. The van der Waals surface area contributed by atoms with Gasteiger partial charge in [-0.05, 0) is 44.8 Å². The monoisotopic (exact) mass is 346 g/mol. The fourth-order valence-electron chi connectivity index (χ4n) is 2.98. The van der Waals surface area contributed by atoms with Crippen LogP contribution < -0.4 is 10.8 Å². The summed E-state index contributed by atoms with van der Waals surface area (Å²) in [6.45, 7) is 8.99. The van der Waals surface area contributed by atoms with E-state index < -0.39 is 24.4 Å². The van der Waals surface area contributed by atoms with Crippen molar-refractivity contribution in [3.8, 4) is 0 Å². The Morgan fingerprint density at radius 2 is 1.92 bits per heavy atom. The standard InChI is InChI=1S/C17H23BN2O5/c1-16(2)17(3,4)25-18(24-16)12-6-5-11-10-20(8-7-19-15(22)23)14(21)13(11)9-12/h5-6,9,19H,7-8,10H2,1-4H3,(H,22,23). The zero-order valence-electron chi connectivity index (χ0n) is 15.0. The minimum absolute atomic E-state index is 0.0967. The van der Waals surface area contributed by atoms with Gasteiger partial charge in [-0.25, -0.2) is 4.79 Å². The zero-order chi connectivity index (χ0) is 18.4. The van der Waals surface area contributed by atoms with Gasteiger partial charge in [-0.2, -0.15) is 0 Å². The summed E-state index contributed by atoms with van der Waals surface area (Å²) >= 11 is 0. The maximum atomic E-state index is 12.6. The van der Waals surface area contributed by atoms with Gasteiger partial charge in [-0.3, -0.25) is 4.79 Å². The van der Waals surface area contributed by atoms with Crippen LogP contribution in [0.15, 0.2) is 18.2 Å². The summed E-state index contributed by atoms with van der Waals surface area (Å²) in [5.41, 5.74) is 1.50. The first-order valence-electron chi connectivity index (χ1n) is 8.35. The molecule has 0 aliphatic carbocycles. The molecule has 0 atom stereocenters. The molecule has 7 nitrogen and oxygen atoms in total. The highest BCUT2D eigenvalue weighted by molar-refractivity contribution is 6.62. The third-order valence-electron chi connectivity index (χ3n) is 5.20. The lowest BCUT2D eigenvalue weighted by Crippen LogP contribution is -2.41. The first-order valence-corrected chi connectivity index (χ1v) is 8.35. The van der Waals surface area contributed by atoms with E-state index in [0.717, 1.165) is 11.0 Å². The molecule has 2 aliphatic rings. The Hall–Kier alpha value is -2.06. The number of carbonyl (C=O) groups excluding carboxylic acids is 1. The van der Waals surface area contributed by atoms with Crippen molar-refractivity contribution in [2.75, 3.05) is 13.1 Å². The molecule has 0 saturated carbocycles. The highest BCUT2D eigenvalue weighted by Crippen LogP contribution is 2.36. The Balaban J connectivity index is 1.74. The molecule has 2 heterocycles. The van der Waals surface area contributed by atoms with Crippen LogP contribution in [-0.4, -0.2) is 53.4 Å². The predicted octanol–water partition coefficient (Wildman–Crippen LogP) is 1.21. The Morgan fingerprint density at radius 1 is 1.28 bits per heavy atom. The lowest BCUT2D eigenvalue weighted by molar-refractivity contribution is 0.00578. The molecule has 1 saturated heterocycles. The number of nitrogens with one attached hydrogen (secondary N) is 1. The minimum Gasteiger partial charge on any atom is -0.465 e. The van der Waals surface area contributed by atoms with Crippen molar-refractivity contribution in [3.05, 3.63) is 29.3 Å². The smallest absolute Gasteiger partial charge is 0.465 e. The maximum Gasteiger partial charge on any atom is 0.494 e. The summed E-state index contributed by atoms with van der Waals surface area (Å²) in [5.74, 6) is -0.0967. The highest BCUT2D eigenvalue weighted by Gasteiger charge is 2.51. The molecule has 0 bridgehead atoms. The molecule has 2 amide bonds.